The zero-order valence-corrected chi connectivity index (χ0v) is 21.3. The molecule has 0 aliphatic rings. The van der Waals surface area contributed by atoms with E-state index in [-0.39, 0.29) is 23.8 Å². The van der Waals surface area contributed by atoms with Crippen LogP contribution >= 0.6 is 11.6 Å². The minimum absolute atomic E-state index is 0.0342. The molecule has 1 amide bonds. The van der Waals surface area contributed by atoms with Crippen molar-refractivity contribution >= 4 is 23.2 Å². The van der Waals surface area contributed by atoms with Gasteiger partial charge in [0, 0.05) is 42.1 Å². The average molecular weight is 532 g/mol. The van der Waals surface area contributed by atoms with Gasteiger partial charge in [-0.2, -0.15) is 18.3 Å². The molecule has 0 aliphatic carbocycles. The number of amides is 1. The predicted octanol–water partition coefficient (Wildman–Crippen LogP) is 5.40. The smallest absolute Gasteiger partial charge is 0.322 e. The summed E-state index contributed by atoms with van der Waals surface area (Å²) < 4.78 is 43.6. The molecule has 0 bridgehead atoms. The van der Waals surface area contributed by atoms with Gasteiger partial charge in [-0.05, 0) is 48.9 Å². The molecule has 0 saturated heterocycles. The van der Waals surface area contributed by atoms with Crippen LogP contribution in [-0.4, -0.2) is 36.7 Å². The third-order valence-electron chi connectivity index (χ3n) is 5.75. The number of benzene rings is 2. The Kier molecular flexibility index (Phi) is 7.37. The lowest BCUT2D eigenvalue weighted by Crippen LogP contribution is -2.22. The van der Waals surface area contributed by atoms with Gasteiger partial charge in [-0.25, -0.2) is 4.68 Å². The summed E-state index contributed by atoms with van der Waals surface area (Å²) in [7, 11) is 1.82. The van der Waals surface area contributed by atoms with E-state index in [0.29, 0.717) is 22.0 Å². The van der Waals surface area contributed by atoms with Crippen molar-refractivity contribution in [2.75, 3.05) is 5.32 Å². The maximum absolute atomic E-state index is 13.5. The van der Waals surface area contributed by atoms with E-state index in [1.54, 1.807) is 17.1 Å². The van der Waals surface area contributed by atoms with Crippen molar-refractivity contribution in [3.05, 3.63) is 76.2 Å². The Balaban J connectivity index is 1.61. The highest BCUT2D eigenvalue weighted by Crippen LogP contribution is 2.32. The SMILES string of the molecule is Cc1c(-c2cn(-c3cc(C(=O)Nc4cc(CNC(C)C)cc(C(F)(F)F)c4)ccc3Cl)nn2)cnn1C. The average Bonchev–Trinajstić information content (AvgIpc) is 3.44. The predicted molar refractivity (Wildman–Crippen MR) is 135 cm³/mol. The number of aromatic nitrogens is 5. The number of nitrogens with one attached hydrogen (secondary N) is 2. The third kappa shape index (κ3) is 6.00. The number of carbonyl (C=O) groups is 1. The van der Waals surface area contributed by atoms with Crippen molar-refractivity contribution in [2.24, 2.45) is 7.05 Å². The monoisotopic (exact) mass is 531 g/mol. The highest BCUT2D eigenvalue weighted by Gasteiger charge is 2.31. The molecular formula is C25H25ClF3N7O. The summed E-state index contributed by atoms with van der Waals surface area (Å²) in [6, 6.07) is 8.08. The molecule has 0 spiro atoms. The zero-order chi connectivity index (χ0) is 26.9. The van der Waals surface area contributed by atoms with Crippen LogP contribution in [0.25, 0.3) is 16.9 Å². The topological polar surface area (TPSA) is 89.7 Å². The number of alkyl halides is 3. The molecule has 2 N–H and O–H groups in total. The first kappa shape index (κ1) is 26.4. The summed E-state index contributed by atoms with van der Waals surface area (Å²) in [6.07, 6.45) is -1.22. The van der Waals surface area contributed by atoms with E-state index in [4.69, 9.17) is 11.6 Å². The molecule has 37 heavy (non-hydrogen) atoms. The molecule has 2 aromatic heterocycles. The molecule has 2 aromatic carbocycles. The highest BCUT2D eigenvalue weighted by atomic mass is 35.5. The van der Waals surface area contributed by atoms with Crippen LogP contribution in [0.2, 0.25) is 5.02 Å². The second kappa shape index (κ2) is 10.3. The first-order chi connectivity index (χ1) is 17.4. The van der Waals surface area contributed by atoms with Crippen LogP contribution in [0.15, 0.2) is 48.8 Å². The van der Waals surface area contributed by atoms with Gasteiger partial charge >= 0.3 is 6.18 Å². The van der Waals surface area contributed by atoms with Crippen LogP contribution in [0, 0.1) is 6.92 Å². The Bertz CT molecular complexity index is 1440. The van der Waals surface area contributed by atoms with Crippen molar-refractivity contribution in [1.29, 1.82) is 0 Å². The first-order valence-electron chi connectivity index (χ1n) is 11.4. The number of carbonyl (C=O) groups excluding carboxylic acids is 1. The Labute approximate surface area is 216 Å². The second-order valence-electron chi connectivity index (χ2n) is 8.89. The lowest BCUT2D eigenvalue weighted by molar-refractivity contribution is -0.137. The maximum atomic E-state index is 13.5. The lowest BCUT2D eigenvalue weighted by atomic mass is 10.1. The largest absolute Gasteiger partial charge is 0.416 e. The van der Waals surface area contributed by atoms with Crippen molar-refractivity contribution in [1.82, 2.24) is 30.1 Å². The van der Waals surface area contributed by atoms with Gasteiger partial charge in [0.25, 0.3) is 5.91 Å². The van der Waals surface area contributed by atoms with Crippen LogP contribution < -0.4 is 10.6 Å². The summed E-state index contributed by atoms with van der Waals surface area (Å²) in [5.74, 6) is -0.594. The Hall–Kier alpha value is -3.70. The molecule has 4 rings (SSSR count). The van der Waals surface area contributed by atoms with Gasteiger partial charge in [0.15, 0.2) is 0 Å². The van der Waals surface area contributed by atoms with E-state index >= 15 is 0 Å². The molecule has 12 heteroatoms. The van der Waals surface area contributed by atoms with Crippen molar-refractivity contribution < 1.29 is 18.0 Å². The summed E-state index contributed by atoms with van der Waals surface area (Å²) in [6.45, 7) is 5.91. The summed E-state index contributed by atoms with van der Waals surface area (Å²) in [4.78, 5) is 13.0. The van der Waals surface area contributed by atoms with Gasteiger partial charge < -0.3 is 10.6 Å². The number of hydrogen-bond acceptors (Lipinski definition) is 5. The molecular weight excluding hydrogens is 507 g/mol. The number of aryl methyl sites for hydroxylation is 1. The van der Waals surface area contributed by atoms with Crippen LogP contribution in [0.5, 0.6) is 0 Å². The molecule has 8 nitrogen and oxygen atoms in total. The maximum Gasteiger partial charge on any atom is 0.416 e. The fourth-order valence-corrected chi connectivity index (χ4v) is 3.84. The molecule has 194 valence electrons. The van der Waals surface area contributed by atoms with E-state index in [0.717, 1.165) is 23.4 Å². The van der Waals surface area contributed by atoms with Crippen molar-refractivity contribution in [3.8, 4) is 16.9 Å². The van der Waals surface area contributed by atoms with Crippen LogP contribution in [0.3, 0.4) is 0 Å². The van der Waals surface area contributed by atoms with E-state index in [1.807, 2.05) is 27.8 Å². The van der Waals surface area contributed by atoms with E-state index < -0.39 is 17.6 Å². The summed E-state index contributed by atoms with van der Waals surface area (Å²) >= 11 is 6.37. The van der Waals surface area contributed by atoms with Crippen LogP contribution in [0.1, 0.15) is 41.0 Å². The van der Waals surface area contributed by atoms with Gasteiger partial charge in [-0.1, -0.05) is 30.7 Å². The number of hydrogen-bond donors (Lipinski definition) is 2. The van der Waals surface area contributed by atoms with E-state index in [9.17, 15) is 18.0 Å². The molecule has 4 aromatic rings. The van der Waals surface area contributed by atoms with Gasteiger partial charge in [-0.3, -0.25) is 9.48 Å². The molecule has 2 heterocycles. The summed E-state index contributed by atoms with van der Waals surface area (Å²) in [5.41, 5.74) is 2.44. The third-order valence-corrected chi connectivity index (χ3v) is 6.07. The molecule has 0 atom stereocenters. The minimum Gasteiger partial charge on any atom is -0.322 e. The zero-order valence-electron chi connectivity index (χ0n) is 20.6. The van der Waals surface area contributed by atoms with E-state index in [1.165, 1.54) is 28.9 Å². The Morgan fingerprint density at radius 1 is 1.16 bits per heavy atom. The Morgan fingerprint density at radius 3 is 2.57 bits per heavy atom. The second-order valence-corrected chi connectivity index (χ2v) is 9.30. The Morgan fingerprint density at radius 2 is 1.92 bits per heavy atom. The lowest BCUT2D eigenvalue weighted by Gasteiger charge is -2.15. The fourth-order valence-electron chi connectivity index (χ4n) is 3.64. The van der Waals surface area contributed by atoms with Crippen molar-refractivity contribution in [2.45, 2.75) is 39.5 Å². The van der Waals surface area contributed by atoms with Gasteiger partial charge in [-0.15, -0.1) is 5.10 Å². The van der Waals surface area contributed by atoms with Crippen LogP contribution in [0.4, 0.5) is 18.9 Å². The minimum atomic E-state index is -4.56. The quantitative estimate of drug-likeness (QED) is 0.333. The van der Waals surface area contributed by atoms with Gasteiger partial charge in [0.05, 0.1) is 28.7 Å². The number of rotatable bonds is 7. The summed E-state index contributed by atoms with van der Waals surface area (Å²) in [5, 5.41) is 18.5. The highest BCUT2D eigenvalue weighted by molar-refractivity contribution is 6.32. The molecule has 0 fully saturated rings. The van der Waals surface area contributed by atoms with Crippen LogP contribution in [-0.2, 0) is 19.8 Å². The fraction of sp³-hybridized carbons (Fsp3) is 0.280. The van der Waals surface area contributed by atoms with Crippen molar-refractivity contribution in [3.63, 3.8) is 0 Å². The molecule has 0 unspecified atom stereocenters. The van der Waals surface area contributed by atoms with Gasteiger partial charge in [0.2, 0.25) is 0 Å². The van der Waals surface area contributed by atoms with Gasteiger partial charge in [0.1, 0.15) is 5.69 Å². The number of halogens is 4. The normalized spacial score (nSPS) is 11.8. The number of anilines is 1. The number of nitrogens with zero attached hydrogens (tertiary/aromatic N) is 5. The van der Waals surface area contributed by atoms with E-state index in [2.05, 4.69) is 26.0 Å². The standard InChI is InChI=1S/C25H25ClF3N7O/c1-14(2)30-11-16-7-18(25(27,28)29)10-19(8-16)32-24(37)17-5-6-21(26)23(9-17)36-13-22(33-34-36)20-12-31-35(4)15(20)3/h5-10,12-14,30H,11H2,1-4H3,(H,32,37). The molecule has 0 aliphatic heterocycles. The molecule has 0 saturated carbocycles. The molecule has 0 radical (unpaired) electrons. The first-order valence-corrected chi connectivity index (χ1v) is 11.8.